The van der Waals surface area contributed by atoms with Gasteiger partial charge in [-0.3, -0.25) is 4.40 Å². The van der Waals surface area contributed by atoms with Crippen LogP contribution in [0.1, 0.15) is 10.6 Å². The maximum Gasteiger partial charge on any atom is 0.155 e. The molecule has 98 valence electrons. The minimum absolute atomic E-state index is 0.766. The van der Waals surface area contributed by atoms with Crippen molar-refractivity contribution in [3.8, 4) is 0 Å². The summed E-state index contributed by atoms with van der Waals surface area (Å²) in [4.78, 5) is 9.79. The van der Waals surface area contributed by atoms with Gasteiger partial charge in [0.25, 0.3) is 0 Å². The Balaban J connectivity index is 1.72. The molecule has 1 N–H and O–H groups in total. The van der Waals surface area contributed by atoms with Crippen LogP contribution in [0, 0.1) is 0 Å². The Labute approximate surface area is 131 Å². The van der Waals surface area contributed by atoms with Crippen molar-refractivity contribution >= 4 is 48.8 Å². The molecule has 0 saturated carbocycles. The van der Waals surface area contributed by atoms with Crippen molar-refractivity contribution in [1.82, 2.24) is 19.7 Å². The second-order valence-electron chi connectivity index (χ2n) is 3.98. The second kappa shape index (κ2) is 5.70. The van der Waals surface area contributed by atoms with Crippen LogP contribution in [0.5, 0.6) is 0 Å². The molecule has 0 spiro atoms. The van der Waals surface area contributed by atoms with E-state index in [2.05, 4.69) is 58.6 Å². The van der Waals surface area contributed by atoms with Gasteiger partial charge in [0, 0.05) is 28.6 Å². The van der Waals surface area contributed by atoms with E-state index >= 15 is 0 Å². The molecule has 0 saturated heterocycles. The minimum Gasteiger partial charge on any atom is -0.306 e. The SMILES string of the molecule is Brc1cn2c(CNCc3sccc3Br)cnc2cn1. The molecule has 0 aliphatic heterocycles. The number of fused-ring (bicyclic) bond motifs is 1. The summed E-state index contributed by atoms with van der Waals surface area (Å²) in [5, 5.41) is 5.51. The van der Waals surface area contributed by atoms with Gasteiger partial charge in [0.15, 0.2) is 5.65 Å². The number of nitrogens with zero attached hydrogens (tertiary/aromatic N) is 3. The molecule has 0 fully saturated rings. The van der Waals surface area contributed by atoms with Gasteiger partial charge in [-0.05, 0) is 43.3 Å². The third-order valence-corrected chi connectivity index (χ3v) is 5.06. The van der Waals surface area contributed by atoms with Gasteiger partial charge in [0.1, 0.15) is 4.60 Å². The third kappa shape index (κ3) is 2.89. The Morgan fingerprint density at radius 3 is 2.89 bits per heavy atom. The van der Waals surface area contributed by atoms with Gasteiger partial charge in [-0.1, -0.05) is 0 Å². The van der Waals surface area contributed by atoms with Crippen molar-refractivity contribution in [2.24, 2.45) is 0 Å². The van der Waals surface area contributed by atoms with E-state index in [-0.39, 0.29) is 0 Å². The van der Waals surface area contributed by atoms with Crippen LogP contribution in [-0.4, -0.2) is 14.4 Å². The first kappa shape index (κ1) is 13.2. The Kier molecular flexibility index (Phi) is 3.97. The fourth-order valence-electron chi connectivity index (χ4n) is 1.80. The number of aromatic nitrogens is 3. The molecule has 0 radical (unpaired) electrons. The van der Waals surface area contributed by atoms with Gasteiger partial charge in [-0.2, -0.15) is 0 Å². The standard InChI is InChI=1S/C12H10Br2N4S/c13-9-1-2-19-10(9)5-15-3-8-4-17-12-6-16-11(14)7-18(8)12/h1-2,4,6-7,15H,3,5H2. The summed E-state index contributed by atoms with van der Waals surface area (Å²) < 4.78 is 4.00. The molecule has 19 heavy (non-hydrogen) atoms. The molecule has 0 atom stereocenters. The van der Waals surface area contributed by atoms with Crippen LogP contribution in [0.3, 0.4) is 0 Å². The van der Waals surface area contributed by atoms with Crippen molar-refractivity contribution in [1.29, 1.82) is 0 Å². The first-order valence-electron chi connectivity index (χ1n) is 5.64. The molecule has 0 amide bonds. The number of thiophene rings is 1. The van der Waals surface area contributed by atoms with Crippen molar-refractivity contribution < 1.29 is 0 Å². The molecule has 0 bridgehead atoms. The average molecular weight is 402 g/mol. The summed E-state index contributed by atoms with van der Waals surface area (Å²) in [7, 11) is 0. The van der Waals surface area contributed by atoms with E-state index in [1.807, 2.05) is 16.8 Å². The van der Waals surface area contributed by atoms with Gasteiger partial charge in [0.2, 0.25) is 0 Å². The molecule has 3 rings (SSSR count). The Morgan fingerprint density at radius 2 is 2.11 bits per heavy atom. The second-order valence-corrected chi connectivity index (χ2v) is 6.65. The summed E-state index contributed by atoms with van der Waals surface area (Å²) in [6.07, 6.45) is 5.56. The van der Waals surface area contributed by atoms with Crippen LogP contribution in [-0.2, 0) is 13.1 Å². The number of hydrogen-bond acceptors (Lipinski definition) is 4. The normalized spacial score (nSPS) is 11.3. The zero-order valence-corrected chi connectivity index (χ0v) is 13.8. The molecule has 0 aliphatic rings. The highest BCUT2D eigenvalue weighted by Crippen LogP contribution is 2.22. The minimum atomic E-state index is 0.766. The lowest BCUT2D eigenvalue weighted by Crippen LogP contribution is -2.13. The first-order chi connectivity index (χ1) is 9.24. The molecule has 0 unspecified atom stereocenters. The Morgan fingerprint density at radius 1 is 1.21 bits per heavy atom. The summed E-state index contributed by atoms with van der Waals surface area (Å²) >= 11 is 8.65. The average Bonchev–Trinajstić information content (AvgIpc) is 2.97. The van der Waals surface area contributed by atoms with Crippen molar-refractivity contribution in [3.63, 3.8) is 0 Å². The van der Waals surface area contributed by atoms with Crippen molar-refractivity contribution in [2.75, 3.05) is 0 Å². The quantitative estimate of drug-likeness (QED) is 0.726. The number of halogens is 2. The van der Waals surface area contributed by atoms with E-state index in [1.54, 1.807) is 17.5 Å². The third-order valence-electron chi connectivity index (χ3n) is 2.72. The summed E-state index contributed by atoms with van der Waals surface area (Å²) in [6, 6.07) is 2.07. The lowest BCUT2D eigenvalue weighted by Gasteiger charge is -2.04. The van der Waals surface area contributed by atoms with E-state index in [4.69, 9.17) is 0 Å². The van der Waals surface area contributed by atoms with Crippen LogP contribution < -0.4 is 5.32 Å². The molecule has 3 aromatic rings. The Bertz CT molecular complexity index is 707. The zero-order valence-electron chi connectivity index (χ0n) is 9.81. The van der Waals surface area contributed by atoms with E-state index in [0.717, 1.165) is 33.5 Å². The van der Waals surface area contributed by atoms with Crippen LogP contribution in [0.15, 0.2) is 39.1 Å². The maximum absolute atomic E-state index is 4.33. The monoisotopic (exact) mass is 400 g/mol. The van der Waals surface area contributed by atoms with Gasteiger partial charge < -0.3 is 5.32 Å². The number of rotatable bonds is 4. The predicted molar refractivity (Wildman–Crippen MR) is 83.2 cm³/mol. The molecule has 3 aromatic heterocycles. The highest BCUT2D eigenvalue weighted by molar-refractivity contribution is 9.10. The van der Waals surface area contributed by atoms with Crippen LogP contribution >= 0.6 is 43.2 Å². The smallest absolute Gasteiger partial charge is 0.155 e. The summed E-state index contributed by atoms with van der Waals surface area (Å²) in [6.45, 7) is 1.61. The molecule has 0 aliphatic carbocycles. The first-order valence-corrected chi connectivity index (χ1v) is 8.10. The van der Waals surface area contributed by atoms with Gasteiger partial charge in [0.05, 0.1) is 18.1 Å². The van der Waals surface area contributed by atoms with Gasteiger partial charge in [-0.25, -0.2) is 9.97 Å². The molecule has 0 aromatic carbocycles. The zero-order chi connectivity index (χ0) is 13.2. The fourth-order valence-corrected chi connectivity index (χ4v) is 3.57. The van der Waals surface area contributed by atoms with E-state index in [1.165, 1.54) is 4.88 Å². The summed E-state index contributed by atoms with van der Waals surface area (Å²) in [5.74, 6) is 0. The summed E-state index contributed by atoms with van der Waals surface area (Å²) in [5.41, 5.74) is 1.98. The van der Waals surface area contributed by atoms with Gasteiger partial charge in [-0.15, -0.1) is 11.3 Å². The van der Waals surface area contributed by atoms with Crippen LogP contribution in [0.4, 0.5) is 0 Å². The topological polar surface area (TPSA) is 42.2 Å². The van der Waals surface area contributed by atoms with Crippen LogP contribution in [0.25, 0.3) is 5.65 Å². The van der Waals surface area contributed by atoms with E-state index < -0.39 is 0 Å². The lowest BCUT2D eigenvalue weighted by atomic mass is 10.4. The van der Waals surface area contributed by atoms with Crippen molar-refractivity contribution in [3.05, 3.63) is 49.7 Å². The molecule has 3 heterocycles. The van der Waals surface area contributed by atoms with Crippen LogP contribution in [0.2, 0.25) is 0 Å². The Hall–Kier alpha value is -0.760. The molecular weight excluding hydrogens is 392 g/mol. The molecule has 7 heteroatoms. The largest absolute Gasteiger partial charge is 0.306 e. The molecule has 4 nitrogen and oxygen atoms in total. The highest BCUT2D eigenvalue weighted by Gasteiger charge is 2.05. The van der Waals surface area contributed by atoms with Crippen molar-refractivity contribution in [2.45, 2.75) is 13.1 Å². The lowest BCUT2D eigenvalue weighted by molar-refractivity contribution is 0.680. The highest BCUT2D eigenvalue weighted by atomic mass is 79.9. The number of imidazole rings is 1. The van der Waals surface area contributed by atoms with Gasteiger partial charge >= 0.3 is 0 Å². The maximum atomic E-state index is 4.33. The number of hydrogen-bond donors (Lipinski definition) is 1. The predicted octanol–water partition coefficient (Wildman–Crippen LogP) is 3.61. The van der Waals surface area contributed by atoms with E-state index in [9.17, 15) is 0 Å². The molecular formula is C12H10Br2N4S. The van der Waals surface area contributed by atoms with E-state index in [0.29, 0.717) is 0 Å². The number of nitrogens with one attached hydrogen (secondary N) is 1. The fraction of sp³-hybridized carbons (Fsp3) is 0.167.